The SMILES string of the molecule is CC(NCCSCCCO)c1ccc(S(N)(=O)=O)cc1. The summed E-state index contributed by atoms with van der Waals surface area (Å²) in [5.41, 5.74) is 1.03. The van der Waals surface area contributed by atoms with Crippen LogP contribution in [0.3, 0.4) is 0 Å². The molecule has 0 aromatic heterocycles. The number of nitrogens with two attached hydrogens (primary N) is 1. The molecular weight excluding hydrogens is 296 g/mol. The van der Waals surface area contributed by atoms with Crippen LogP contribution in [0.15, 0.2) is 29.2 Å². The summed E-state index contributed by atoms with van der Waals surface area (Å²) >= 11 is 1.80. The molecule has 0 amide bonds. The minimum atomic E-state index is -3.62. The molecule has 0 aliphatic heterocycles. The molecule has 0 saturated heterocycles. The molecule has 0 fully saturated rings. The summed E-state index contributed by atoms with van der Waals surface area (Å²) in [6.07, 6.45) is 0.829. The lowest BCUT2D eigenvalue weighted by Crippen LogP contribution is -2.21. The van der Waals surface area contributed by atoms with Gasteiger partial charge < -0.3 is 10.4 Å². The second-order valence-corrected chi connectivity index (χ2v) is 7.27. The van der Waals surface area contributed by atoms with Gasteiger partial charge in [-0.25, -0.2) is 13.6 Å². The Hall–Kier alpha value is -0.600. The van der Waals surface area contributed by atoms with Crippen molar-refractivity contribution < 1.29 is 13.5 Å². The molecule has 0 bridgehead atoms. The zero-order valence-electron chi connectivity index (χ0n) is 11.6. The monoisotopic (exact) mass is 318 g/mol. The van der Waals surface area contributed by atoms with Crippen molar-refractivity contribution in [1.82, 2.24) is 5.32 Å². The molecule has 20 heavy (non-hydrogen) atoms. The third-order valence-corrected chi connectivity index (χ3v) is 4.85. The second kappa shape index (κ2) is 8.63. The summed E-state index contributed by atoms with van der Waals surface area (Å²) in [4.78, 5) is 0.132. The van der Waals surface area contributed by atoms with Gasteiger partial charge >= 0.3 is 0 Å². The summed E-state index contributed by atoms with van der Waals surface area (Å²) in [5, 5.41) is 17.1. The smallest absolute Gasteiger partial charge is 0.238 e. The first kappa shape index (κ1) is 17.5. The van der Waals surface area contributed by atoms with E-state index in [0.717, 1.165) is 30.0 Å². The fourth-order valence-electron chi connectivity index (χ4n) is 1.68. The highest BCUT2D eigenvalue weighted by Crippen LogP contribution is 2.15. The van der Waals surface area contributed by atoms with Crippen molar-refractivity contribution in [2.24, 2.45) is 5.14 Å². The van der Waals surface area contributed by atoms with E-state index in [1.807, 2.05) is 6.92 Å². The number of primary sulfonamides is 1. The third kappa shape index (κ3) is 6.23. The molecule has 0 aliphatic carbocycles. The van der Waals surface area contributed by atoms with E-state index in [0.29, 0.717) is 0 Å². The number of hydrogen-bond acceptors (Lipinski definition) is 5. The number of aliphatic hydroxyl groups is 1. The van der Waals surface area contributed by atoms with Gasteiger partial charge in [-0.2, -0.15) is 11.8 Å². The summed E-state index contributed by atoms with van der Waals surface area (Å²) in [5.74, 6) is 1.95. The van der Waals surface area contributed by atoms with Crippen molar-refractivity contribution >= 4 is 21.8 Å². The number of sulfonamides is 1. The van der Waals surface area contributed by atoms with Crippen molar-refractivity contribution in [1.29, 1.82) is 0 Å². The van der Waals surface area contributed by atoms with Crippen LogP contribution in [0.2, 0.25) is 0 Å². The average molecular weight is 318 g/mol. The van der Waals surface area contributed by atoms with Crippen LogP contribution in [-0.4, -0.2) is 38.2 Å². The predicted octanol–water partition coefficient (Wildman–Crippen LogP) is 1.10. The highest BCUT2D eigenvalue weighted by atomic mass is 32.2. The Morgan fingerprint density at radius 1 is 1.30 bits per heavy atom. The van der Waals surface area contributed by atoms with Gasteiger partial charge in [-0.3, -0.25) is 0 Å². The van der Waals surface area contributed by atoms with Crippen molar-refractivity contribution in [3.8, 4) is 0 Å². The van der Waals surface area contributed by atoms with Gasteiger partial charge in [-0.1, -0.05) is 12.1 Å². The highest BCUT2D eigenvalue weighted by molar-refractivity contribution is 7.99. The fraction of sp³-hybridized carbons (Fsp3) is 0.538. The molecular formula is C13H22N2O3S2. The Bertz CT molecular complexity index is 489. The van der Waals surface area contributed by atoms with E-state index >= 15 is 0 Å². The summed E-state index contributed by atoms with van der Waals surface area (Å²) in [6.45, 7) is 3.14. The fourth-order valence-corrected chi connectivity index (χ4v) is 3.00. The lowest BCUT2D eigenvalue weighted by molar-refractivity contribution is 0.296. The molecule has 0 heterocycles. The molecule has 0 radical (unpaired) electrons. The first-order valence-electron chi connectivity index (χ1n) is 6.50. The van der Waals surface area contributed by atoms with Gasteiger partial charge in [-0.15, -0.1) is 0 Å². The Morgan fingerprint density at radius 2 is 1.95 bits per heavy atom. The number of aliphatic hydroxyl groups excluding tert-OH is 1. The first-order valence-corrected chi connectivity index (χ1v) is 9.20. The minimum absolute atomic E-state index is 0.132. The number of thioether (sulfide) groups is 1. The maximum atomic E-state index is 11.2. The second-order valence-electron chi connectivity index (χ2n) is 4.48. The van der Waals surface area contributed by atoms with Crippen LogP contribution in [0.25, 0.3) is 0 Å². The molecule has 7 heteroatoms. The van der Waals surface area contributed by atoms with E-state index in [4.69, 9.17) is 10.2 Å². The van der Waals surface area contributed by atoms with Crippen LogP contribution in [0.4, 0.5) is 0 Å². The van der Waals surface area contributed by atoms with Crippen LogP contribution >= 0.6 is 11.8 Å². The van der Waals surface area contributed by atoms with Crippen molar-refractivity contribution in [3.63, 3.8) is 0 Å². The largest absolute Gasteiger partial charge is 0.396 e. The first-order chi connectivity index (χ1) is 9.45. The Morgan fingerprint density at radius 3 is 2.50 bits per heavy atom. The van der Waals surface area contributed by atoms with Gasteiger partial charge in [0, 0.05) is 24.9 Å². The van der Waals surface area contributed by atoms with E-state index < -0.39 is 10.0 Å². The normalized spacial score (nSPS) is 13.3. The molecule has 1 unspecified atom stereocenters. The van der Waals surface area contributed by atoms with Gasteiger partial charge in [0.05, 0.1) is 4.90 Å². The number of benzene rings is 1. The standard InChI is InChI=1S/C13H22N2O3S2/c1-11(15-7-10-19-9-2-8-16)12-3-5-13(6-4-12)20(14,17)18/h3-6,11,15-16H,2,7-10H2,1H3,(H2,14,17,18). The summed E-state index contributed by atoms with van der Waals surface area (Å²) in [7, 11) is -3.62. The molecule has 0 aliphatic rings. The van der Waals surface area contributed by atoms with Crippen LogP contribution in [0, 0.1) is 0 Å². The van der Waals surface area contributed by atoms with Crippen molar-refractivity contribution in [2.45, 2.75) is 24.3 Å². The van der Waals surface area contributed by atoms with E-state index in [2.05, 4.69) is 5.32 Å². The number of hydrogen-bond donors (Lipinski definition) is 3. The maximum Gasteiger partial charge on any atom is 0.238 e. The van der Waals surface area contributed by atoms with Crippen molar-refractivity contribution in [3.05, 3.63) is 29.8 Å². The lowest BCUT2D eigenvalue weighted by Gasteiger charge is -2.14. The van der Waals surface area contributed by atoms with E-state index in [1.165, 1.54) is 12.1 Å². The van der Waals surface area contributed by atoms with Crippen LogP contribution in [0.1, 0.15) is 24.9 Å². The Kier molecular flexibility index (Phi) is 7.53. The lowest BCUT2D eigenvalue weighted by atomic mass is 10.1. The highest BCUT2D eigenvalue weighted by Gasteiger charge is 2.09. The van der Waals surface area contributed by atoms with E-state index in [-0.39, 0.29) is 17.5 Å². The molecule has 114 valence electrons. The van der Waals surface area contributed by atoms with Crippen molar-refractivity contribution in [2.75, 3.05) is 24.7 Å². The number of nitrogens with one attached hydrogen (secondary N) is 1. The molecule has 1 aromatic carbocycles. The average Bonchev–Trinajstić information content (AvgIpc) is 2.41. The Labute approximate surface area is 125 Å². The molecule has 1 aromatic rings. The molecule has 5 nitrogen and oxygen atoms in total. The van der Waals surface area contributed by atoms with Gasteiger partial charge in [0.2, 0.25) is 10.0 Å². The number of rotatable bonds is 9. The van der Waals surface area contributed by atoms with Crippen LogP contribution in [0.5, 0.6) is 0 Å². The van der Waals surface area contributed by atoms with Crippen LogP contribution < -0.4 is 10.5 Å². The Balaban J connectivity index is 2.38. The van der Waals surface area contributed by atoms with Crippen LogP contribution in [-0.2, 0) is 10.0 Å². The summed E-state index contributed by atoms with van der Waals surface area (Å²) in [6, 6.07) is 6.76. The van der Waals surface area contributed by atoms with Gasteiger partial charge in [0.25, 0.3) is 0 Å². The third-order valence-electron chi connectivity index (χ3n) is 2.85. The minimum Gasteiger partial charge on any atom is -0.396 e. The van der Waals surface area contributed by atoms with Gasteiger partial charge in [-0.05, 0) is 36.8 Å². The molecule has 1 atom stereocenters. The van der Waals surface area contributed by atoms with Gasteiger partial charge in [0.1, 0.15) is 0 Å². The predicted molar refractivity (Wildman–Crippen MR) is 83.3 cm³/mol. The summed E-state index contributed by atoms with van der Waals surface area (Å²) < 4.78 is 22.3. The zero-order valence-corrected chi connectivity index (χ0v) is 13.2. The van der Waals surface area contributed by atoms with E-state index in [1.54, 1.807) is 23.9 Å². The van der Waals surface area contributed by atoms with Gasteiger partial charge in [0.15, 0.2) is 0 Å². The quantitative estimate of drug-likeness (QED) is 0.593. The van der Waals surface area contributed by atoms with E-state index in [9.17, 15) is 8.42 Å². The maximum absolute atomic E-state index is 11.2. The zero-order chi connectivity index (χ0) is 15.0. The molecule has 0 saturated carbocycles. The molecule has 0 spiro atoms. The molecule has 4 N–H and O–H groups in total. The molecule has 1 rings (SSSR count). The topological polar surface area (TPSA) is 92.4 Å².